The number of hydrogen-bond acceptors (Lipinski definition) is 4. The molecule has 2 aromatic rings. The van der Waals surface area contributed by atoms with Crippen molar-refractivity contribution >= 4 is 6.09 Å². The van der Waals surface area contributed by atoms with Crippen molar-refractivity contribution in [2.45, 2.75) is 18.9 Å². The first-order valence-corrected chi connectivity index (χ1v) is 7.77. The minimum absolute atomic E-state index is 0.102. The Bertz CT molecular complexity index is 690. The third-order valence-corrected chi connectivity index (χ3v) is 3.32. The molecule has 1 amide bonds. The molecule has 0 aliphatic carbocycles. The fourth-order valence-corrected chi connectivity index (χ4v) is 1.97. The number of alkyl halides is 3. The normalized spacial score (nSPS) is 12.3. The summed E-state index contributed by atoms with van der Waals surface area (Å²) in [6.45, 7) is -0.205. The predicted molar refractivity (Wildman–Crippen MR) is 87.6 cm³/mol. The van der Waals surface area contributed by atoms with Crippen LogP contribution in [-0.2, 0) is 17.5 Å². The van der Waals surface area contributed by atoms with Crippen LogP contribution >= 0.6 is 0 Å². The maximum atomic E-state index is 12.4. The van der Waals surface area contributed by atoms with Gasteiger partial charge in [-0.15, -0.1) is 0 Å². The van der Waals surface area contributed by atoms with Gasteiger partial charge in [-0.1, -0.05) is 30.3 Å². The van der Waals surface area contributed by atoms with Gasteiger partial charge in [-0.25, -0.2) is 4.79 Å². The van der Waals surface area contributed by atoms with E-state index in [2.05, 4.69) is 5.32 Å². The van der Waals surface area contributed by atoms with Gasteiger partial charge in [-0.05, 0) is 29.8 Å². The predicted octanol–water partition coefficient (Wildman–Crippen LogP) is 3.37. The van der Waals surface area contributed by atoms with Crippen LogP contribution in [0.4, 0.5) is 18.0 Å². The average Bonchev–Trinajstić information content (AvgIpc) is 2.63. The fraction of sp³-hybridized carbons (Fsp3) is 0.278. The highest BCUT2D eigenvalue weighted by Crippen LogP contribution is 2.30. The Kier molecular flexibility index (Phi) is 6.85. The van der Waals surface area contributed by atoms with Gasteiger partial charge in [0.25, 0.3) is 0 Å². The lowest BCUT2D eigenvalue weighted by Gasteiger charge is -2.14. The molecule has 0 radical (unpaired) electrons. The van der Waals surface area contributed by atoms with Gasteiger partial charge in [0.15, 0.2) is 0 Å². The average molecular weight is 369 g/mol. The number of aliphatic hydroxyl groups is 1. The standard InChI is InChI=1S/C18H18F3NO4/c19-18(20,21)14-6-8-16(9-7-14)25-12-15(23)10-22-17(24)26-11-13-4-2-1-3-5-13/h1-9,15,23H,10-12H2,(H,22,24). The number of hydrogen-bond donors (Lipinski definition) is 2. The zero-order valence-corrected chi connectivity index (χ0v) is 13.7. The summed E-state index contributed by atoms with van der Waals surface area (Å²) in [6, 6.07) is 13.2. The Morgan fingerprint density at radius 3 is 2.35 bits per heavy atom. The number of carbonyl (C=O) groups is 1. The van der Waals surface area contributed by atoms with Gasteiger partial charge >= 0.3 is 12.3 Å². The van der Waals surface area contributed by atoms with Crippen molar-refractivity contribution in [3.8, 4) is 5.75 Å². The van der Waals surface area contributed by atoms with Gasteiger partial charge in [0.05, 0.1) is 12.1 Å². The molecule has 0 aliphatic rings. The summed E-state index contributed by atoms with van der Waals surface area (Å²) >= 11 is 0. The maximum Gasteiger partial charge on any atom is 0.416 e. The van der Waals surface area contributed by atoms with Gasteiger partial charge in [-0.3, -0.25) is 0 Å². The van der Waals surface area contributed by atoms with Crippen molar-refractivity contribution in [3.63, 3.8) is 0 Å². The number of alkyl carbamates (subject to hydrolysis) is 1. The van der Waals surface area contributed by atoms with Gasteiger partial charge in [0.1, 0.15) is 25.1 Å². The molecule has 8 heteroatoms. The molecule has 2 N–H and O–H groups in total. The first kappa shape index (κ1) is 19.6. The highest BCUT2D eigenvalue weighted by atomic mass is 19.4. The first-order valence-electron chi connectivity index (χ1n) is 7.77. The van der Waals surface area contributed by atoms with E-state index in [-0.39, 0.29) is 25.5 Å². The van der Waals surface area contributed by atoms with Crippen LogP contribution in [-0.4, -0.2) is 30.5 Å². The Balaban J connectivity index is 1.67. The van der Waals surface area contributed by atoms with Crippen LogP contribution in [0, 0.1) is 0 Å². The molecule has 0 spiro atoms. The highest BCUT2D eigenvalue weighted by Gasteiger charge is 2.30. The second-order valence-corrected chi connectivity index (χ2v) is 5.43. The molecule has 0 saturated carbocycles. The van der Waals surface area contributed by atoms with Crippen molar-refractivity contribution in [2.24, 2.45) is 0 Å². The number of carbonyl (C=O) groups excluding carboxylic acids is 1. The molecule has 0 heterocycles. The lowest BCUT2D eigenvalue weighted by Crippen LogP contribution is -2.35. The lowest BCUT2D eigenvalue weighted by atomic mass is 10.2. The summed E-state index contributed by atoms with van der Waals surface area (Å²) < 4.78 is 47.5. The monoisotopic (exact) mass is 369 g/mol. The molecule has 1 atom stereocenters. The molecule has 0 aliphatic heterocycles. The Labute approximate surface area is 148 Å². The fourth-order valence-electron chi connectivity index (χ4n) is 1.97. The number of halogens is 3. The maximum absolute atomic E-state index is 12.4. The molecule has 1 unspecified atom stereocenters. The second-order valence-electron chi connectivity index (χ2n) is 5.43. The van der Waals surface area contributed by atoms with E-state index in [0.717, 1.165) is 29.8 Å². The zero-order chi connectivity index (χ0) is 19.0. The Morgan fingerprint density at radius 2 is 1.73 bits per heavy atom. The quantitative estimate of drug-likeness (QED) is 0.785. The molecule has 0 aromatic heterocycles. The van der Waals surface area contributed by atoms with E-state index in [4.69, 9.17) is 9.47 Å². The Morgan fingerprint density at radius 1 is 1.08 bits per heavy atom. The van der Waals surface area contributed by atoms with E-state index in [1.54, 1.807) is 12.1 Å². The number of ether oxygens (including phenoxy) is 2. The summed E-state index contributed by atoms with van der Waals surface area (Å²) in [6.07, 6.45) is -6.15. The van der Waals surface area contributed by atoms with Crippen molar-refractivity contribution in [1.82, 2.24) is 5.32 Å². The minimum Gasteiger partial charge on any atom is -0.491 e. The van der Waals surface area contributed by atoms with Gasteiger partial charge in [0, 0.05) is 0 Å². The molecule has 5 nitrogen and oxygen atoms in total. The van der Waals surface area contributed by atoms with Gasteiger partial charge < -0.3 is 19.9 Å². The number of amides is 1. The van der Waals surface area contributed by atoms with Gasteiger partial charge in [-0.2, -0.15) is 13.2 Å². The molecule has 0 fully saturated rings. The van der Waals surface area contributed by atoms with Crippen LogP contribution in [0.3, 0.4) is 0 Å². The molecule has 2 rings (SSSR count). The van der Waals surface area contributed by atoms with Crippen LogP contribution in [0.5, 0.6) is 5.75 Å². The van der Waals surface area contributed by atoms with E-state index in [9.17, 15) is 23.1 Å². The van der Waals surface area contributed by atoms with E-state index >= 15 is 0 Å². The number of rotatable bonds is 7. The van der Waals surface area contributed by atoms with Crippen LogP contribution < -0.4 is 10.1 Å². The van der Waals surface area contributed by atoms with Crippen LogP contribution in [0.25, 0.3) is 0 Å². The van der Waals surface area contributed by atoms with E-state index in [0.29, 0.717) is 0 Å². The third-order valence-electron chi connectivity index (χ3n) is 3.32. The van der Waals surface area contributed by atoms with Crippen LogP contribution in [0.1, 0.15) is 11.1 Å². The molecular weight excluding hydrogens is 351 g/mol. The lowest BCUT2D eigenvalue weighted by molar-refractivity contribution is -0.137. The summed E-state index contributed by atoms with van der Waals surface area (Å²) in [5.74, 6) is 0.184. The summed E-state index contributed by atoms with van der Waals surface area (Å²) in [7, 11) is 0. The molecule has 0 saturated heterocycles. The van der Waals surface area contributed by atoms with E-state index < -0.39 is 23.9 Å². The first-order chi connectivity index (χ1) is 12.3. The van der Waals surface area contributed by atoms with Crippen molar-refractivity contribution < 1.29 is 32.5 Å². The molecule has 2 aromatic carbocycles. The minimum atomic E-state index is -4.41. The number of aliphatic hydroxyl groups excluding tert-OH is 1. The summed E-state index contributed by atoms with van der Waals surface area (Å²) in [5, 5.41) is 12.1. The van der Waals surface area contributed by atoms with Crippen molar-refractivity contribution in [1.29, 1.82) is 0 Å². The number of nitrogens with one attached hydrogen (secondary N) is 1. The van der Waals surface area contributed by atoms with Crippen molar-refractivity contribution in [2.75, 3.05) is 13.2 Å². The van der Waals surface area contributed by atoms with E-state index in [1.807, 2.05) is 18.2 Å². The SMILES string of the molecule is O=C(NCC(O)COc1ccc(C(F)(F)F)cc1)OCc1ccccc1. The Hall–Kier alpha value is -2.74. The van der Waals surface area contributed by atoms with Crippen LogP contribution in [0.2, 0.25) is 0 Å². The summed E-state index contributed by atoms with van der Waals surface area (Å²) in [4.78, 5) is 11.5. The topological polar surface area (TPSA) is 67.8 Å². The molecular formula is C18H18F3NO4. The molecule has 140 valence electrons. The summed E-state index contributed by atoms with van der Waals surface area (Å²) in [5.41, 5.74) is 0.0436. The van der Waals surface area contributed by atoms with E-state index in [1.165, 1.54) is 0 Å². The van der Waals surface area contributed by atoms with Crippen LogP contribution in [0.15, 0.2) is 54.6 Å². The molecule has 26 heavy (non-hydrogen) atoms. The second kappa shape index (κ2) is 9.10. The number of benzene rings is 2. The van der Waals surface area contributed by atoms with Crippen molar-refractivity contribution in [3.05, 3.63) is 65.7 Å². The smallest absolute Gasteiger partial charge is 0.416 e. The zero-order valence-electron chi connectivity index (χ0n) is 13.7. The highest BCUT2D eigenvalue weighted by molar-refractivity contribution is 5.67. The third kappa shape index (κ3) is 6.64. The largest absolute Gasteiger partial charge is 0.491 e. The molecule has 0 bridgehead atoms. The van der Waals surface area contributed by atoms with Gasteiger partial charge in [0.2, 0.25) is 0 Å².